The first kappa shape index (κ1) is 12.8. The highest BCUT2D eigenvalue weighted by Gasteiger charge is 2.42. The monoisotopic (exact) mass is 253 g/mol. The van der Waals surface area contributed by atoms with E-state index < -0.39 is 11.6 Å². The highest BCUT2D eigenvalue weighted by Crippen LogP contribution is 2.45. The van der Waals surface area contributed by atoms with Crippen molar-refractivity contribution in [2.24, 2.45) is 5.41 Å². The van der Waals surface area contributed by atoms with Gasteiger partial charge >= 0.3 is 0 Å². The van der Waals surface area contributed by atoms with Gasteiger partial charge in [0.15, 0.2) is 11.6 Å². The number of hydrogen-bond acceptors (Lipinski definition) is 3. The van der Waals surface area contributed by atoms with E-state index in [1.807, 2.05) is 0 Å². The van der Waals surface area contributed by atoms with Crippen molar-refractivity contribution in [1.29, 1.82) is 0 Å². The summed E-state index contributed by atoms with van der Waals surface area (Å²) in [6.45, 7) is 1.17. The van der Waals surface area contributed by atoms with Crippen LogP contribution in [0.15, 0.2) is 18.2 Å². The van der Waals surface area contributed by atoms with Gasteiger partial charge in [-0.15, -0.1) is 0 Å². The fourth-order valence-corrected chi connectivity index (χ4v) is 1.88. The van der Waals surface area contributed by atoms with Crippen molar-refractivity contribution in [3.63, 3.8) is 0 Å². The molecule has 4 nitrogen and oxygen atoms in total. The van der Waals surface area contributed by atoms with Gasteiger partial charge < -0.3 is 15.2 Å². The summed E-state index contributed by atoms with van der Waals surface area (Å²) >= 11 is 0. The molecule has 1 aromatic rings. The topological polar surface area (TPSA) is 58.6 Å². The first-order chi connectivity index (χ1) is 8.56. The first-order valence-corrected chi connectivity index (χ1v) is 5.82. The average Bonchev–Trinajstić information content (AvgIpc) is 3.11. The molecule has 1 fully saturated rings. The average molecular weight is 253 g/mol. The van der Waals surface area contributed by atoms with Crippen LogP contribution in [0.5, 0.6) is 5.75 Å². The second kappa shape index (κ2) is 4.94. The zero-order valence-corrected chi connectivity index (χ0v) is 10.2. The maximum Gasteiger partial charge on any atom is 0.251 e. The van der Waals surface area contributed by atoms with Crippen LogP contribution in [0.2, 0.25) is 0 Å². The maximum absolute atomic E-state index is 12.8. The van der Waals surface area contributed by atoms with Crippen LogP contribution in [0.3, 0.4) is 0 Å². The molecular weight excluding hydrogens is 237 g/mol. The Kier molecular flexibility index (Phi) is 3.52. The van der Waals surface area contributed by atoms with Crippen molar-refractivity contribution in [3.8, 4) is 5.75 Å². The minimum Gasteiger partial charge on any atom is -0.505 e. The Balaban J connectivity index is 1.93. The van der Waals surface area contributed by atoms with Crippen LogP contribution < -0.4 is 5.32 Å². The van der Waals surface area contributed by atoms with E-state index in [0.717, 1.165) is 25.0 Å². The van der Waals surface area contributed by atoms with Gasteiger partial charge in [0.1, 0.15) is 0 Å². The minimum absolute atomic E-state index is 0.0620. The summed E-state index contributed by atoms with van der Waals surface area (Å²) in [4.78, 5) is 11.8. The molecule has 98 valence electrons. The van der Waals surface area contributed by atoms with Gasteiger partial charge in [0.05, 0.1) is 6.61 Å². The summed E-state index contributed by atoms with van der Waals surface area (Å²) in [5.41, 5.74) is 0.314. The van der Waals surface area contributed by atoms with Crippen LogP contribution >= 0.6 is 0 Å². The maximum atomic E-state index is 12.8. The lowest BCUT2D eigenvalue weighted by Crippen LogP contribution is -2.32. The lowest BCUT2D eigenvalue weighted by Gasteiger charge is -2.14. The first-order valence-electron chi connectivity index (χ1n) is 5.82. The third-order valence-electron chi connectivity index (χ3n) is 3.24. The second-order valence-electron chi connectivity index (χ2n) is 4.78. The molecule has 1 aliphatic carbocycles. The highest BCUT2D eigenvalue weighted by atomic mass is 19.1. The van der Waals surface area contributed by atoms with E-state index in [9.17, 15) is 14.3 Å². The van der Waals surface area contributed by atoms with Crippen LogP contribution in [-0.2, 0) is 4.74 Å². The summed E-state index contributed by atoms with van der Waals surface area (Å²) in [7, 11) is 1.64. The molecule has 2 N–H and O–H groups in total. The standard InChI is InChI=1S/C13H16FNO3/c1-18-8-13(4-5-13)7-15-12(17)9-2-3-10(14)11(16)6-9/h2-3,6,16H,4-5,7-8H2,1H3,(H,15,17). The molecule has 0 heterocycles. The number of rotatable bonds is 5. The predicted octanol–water partition coefficient (Wildman–Crippen LogP) is 1.69. The zero-order valence-electron chi connectivity index (χ0n) is 10.2. The lowest BCUT2D eigenvalue weighted by atomic mass is 10.1. The summed E-state index contributed by atoms with van der Waals surface area (Å²) in [6.07, 6.45) is 2.07. The third kappa shape index (κ3) is 2.79. The Morgan fingerprint density at radius 3 is 2.83 bits per heavy atom. The van der Waals surface area contributed by atoms with E-state index in [1.165, 1.54) is 6.07 Å². The smallest absolute Gasteiger partial charge is 0.251 e. The van der Waals surface area contributed by atoms with Gasteiger partial charge in [-0.3, -0.25) is 4.79 Å². The third-order valence-corrected chi connectivity index (χ3v) is 3.24. The summed E-state index contributed by atoms with van der Waals surface area (Å²) in [6, 6.07) is 3.55. The molecule has 0 bridgehead atoms. The van der Waals surface area contributed by atoms with Gasteiger partial charge in [-0.2, -0.15) is 0 Å². The van der Waals surface area contributed by atoms with Gasteiger partial charge in [0.25, 0.3) is 5.91 Å². The molecule has 0 radical (unpaired) electrons. The number of phenolic OH excluding ortho intramolecular Hbond substituents is 1. The van der Waals surface area contributed by atoms with Gasteiger partial charge in [0, 0.05) is 24.6 Å². The molecule has 0 aliphatic heterocycles. The Hall–Kier alpha value is -1.62. The number of carbonyl (C=O) groups excluding carboxylic acids is 1. The number of hydrogen-bond donors (Lipinski definition) is 2. The number of benzene rings is 1. The highest BCUT2D eigenvalue weighted by molar-refractivity contribution is 5.94. The second-order valence-corrected chi connectivity index (χ2v) is 4.78. The molecule has 0 aromatic heterocycles. The molecule has 1 saturated carbocycles. The van der Waals surface area contributed by atoms with E-state index in [1.54, 1.807) is 7.11 Å². The minimum atomic E-state index is -0.732. The number of methoxy groups -OCH3 is 1. The van der Waals surface area contributed by atoms with Crippen LogP contribution in [0.4, 0.5) is 4.39 Å². The molecular formula is C13H16FNO3. The molecule has 2 rings (SSSR count). The molecule has 1 amide bonds. The van der Waals surface area contributed by atoms with Gasteiger partial charge in [-0.1, -0.05) is 0 Å². The van der Waals surface area contributed by atoms with Crippen LogP contribution in [0.25, 0.3) is 0 Å². The molecule has 0 atom stereocenters. The Labute approximate surface area is 105 Å². The predicted molar refractivity (Wildman–Crippen MR) is 63.9 cm³/mol. The Bertz CT molecular complexity index is 458. The van der Waals surface area contributed by atoms with Crippen molar-refractivity contribution in [2.75, 3.05) is 20.3 Å². The Morgan fingerprint density at radius 1 is 1.56 bits per heavy atom. The summed E-state index contributed by atoms with van der Waals surface area (Å²) in [5.74, 6) is -1.56. The largest absolute Gasteiger partial charge is 0.505 e. The van der Waals surface area contributed by atoms with Crippen molar-refractivity contribution < 1.29 is 19.0 Å². The lowest BCUT2D eigenvalue weighted by molar-refractivity contribution is 0.0919. The van der Waals surface area contributed by atoms with Crippen LogP contribution in [0, 0.1) is 11.2 Å². The van der Waals surface area contributed by atoms with Crippen molar-refractivity contribution in [1.82, 2.24) is 5.32 Å². The van der Waals surface area contributed by atoms with Gasteiger partial charge in [-0.05, 0) is 31.0 Å². The summed E-state index contributed by atoms with van der Waals surface area (Å²) in [5, 5.41) is 12.0. The van der Waals surface area contributed by atoms with Crippen molar-refractivity contribution in [2.45, 2.75) is 12.8 Å². The van der Waals surface area contributed by atoms with E-state index in [2.05, 4.69) is 5.32 Å². The molecule has 5 heteroatoms. The number of halogens is 1. The van der Waals surface area contributed by atoms with Crippen LogP contribution in [-0.4, -0.2) is 31.3 Å². The van der Waals surface area contributed by atoms with E-state index >= 15 is 0 Å². The SMILES string of the molecule is COCC1(CNC(=O)c2ccc(F)c(O)c2)CC1. The molecule has 1 aromatic carbocycles. The van der Waals surface area contributed by atoms with Crippen LogP contribution in [0.1, 0.15) is 23.2 Å². The van der Waals surface area contributed by atoms with Gasteiger partial charge in [0.2, 0.25) is 0 Å². The fraction of sp³-hybridized carbons (Fsp3) is 0.462. The number of ether oxygens (including phenoxy) is 1. The molecule has 0 unspecified atom stereocenters. The number of aromatic hydroxyl groups is 1. The van der Waals surface area contributed by atoms with E-state index in [-0.39, 0.29) is 16.9 Å². The Morgan fingerprint density at radius 2 is 2.28 bits per heavy atom. The van der Waals surface area contributed by atoms with Crippen molar-refractivity contribution in [3.05, 3.63) is 29.6 Å². The number of carbonyl (C=O) groups is 1. The summed E-state index contributed by atoms with van der Waals surface area (Å²) < 4.78 is 18.0. The number of phenols is 1. The molecule has 18 heavy (non-hydrogen) atoms. The number of nitrogens with one attached hydrogen (secondary N) is 1. The van der Waals surface area contributed by atoms with Gasteiger partial charge in [-0.25, -0.2) is 4.39 Å². The molecule has 1 aliphatic rings. The normalized spacial score (nSPS) is 16.3. The van der Waals surface area contributed by atoms with E-state index in [4.69, 9.17) is 4.74 Å². The quantitative estimate of drug-likeness (QED) is 0.839. The number of amides is 1. The van der Waals surface area contributed by atoms with Crippen molar-refractivity contribution >= 4 is 5.91 Å². The van der Waals surface area contributed by atoms with E-state index in [0.29, 0.717) is 13.2 Å². The fourth-order valence-electron chi connectivity index (χ4n) is 1.88. The molecule has 0 saturated heterocycles. The zero-order chi connectivity index (χ0) is 13.2. The molecule has 0 spiro atoms.